The van der Waals surface area contributed by atoms with Gasteiger partial charge in [0.05, 0.1) is 6.42 Å². The minimum absolute atomic E-state index is 0.0978. The molecule has 3 heteroatoms. The fraction of sp³-hybridized carbons (Fsp3) is 0.538. The fourth-order valence-electron chi connectivity index (χ4n) is 1.39. The maximum absolute atomic E-state index is 11.6. The van der Waals surface area contributed by atoms with E-state index in [0.717, 1.165) is 6.54 Å². The molecule has 1 amide bonds. The Balaban J connectivity index is 2.40. The van der Waals surface area contributed by atoms with Crippen LogP contribution in [-0.4, -0.2) is 11.4 Å². The average molecular weight is 221 g/mol. The predicted octanol–water partition coefficient (Wildman–Crippen LogP) is 1.59. The quantitative estimate of drug-likeness (QED) is 0.772. The third-order valence-electron chi connectivity index (χ3n) is 2.17. The number of carbonyl (C=O) groups is 1. The molecular formula is C13H21N2O+. The standard InChI is InChI=1S/C13H20N2O/c1-11-5-8-15(9-6-11)10-7-12(16)14-13(2,3)4/h5-6,8-9H,7,10H2,1-4H3/p+1. The van der Waals surface area contributed by atoms with Gasteiger partial charge in [-0.2, -0.15) is 0 Å². The van der Waals surface area contributed by atoms with Crippen molar-refractivity contribution < 1.29 is 9.36 Å². The summed E-state index contributed by atoms with van der Waals surface area (Å²) in [5.74, 6) is 0.0978. The van der Waals surface area contributed by atoms with Gasteiger partial charge in [-0.25, -0.2) is 4.57 Å². The molecule has 0 aromatic carbocycles. The largest absolute Gasteiger partial charge is 0.351 e. The molecular weight excluding hydrogens is 200 g/mol. The van der Waals surface area contributed by atoms with Crippen LogP contribution in [0, 0.1) is 6.92 Å². The second-order valence-corrected chi connectivity index (χ2v) is 5.16. The number of nitrogens with one attached hydrogen (secondary N) is 1. The molecule has 0 unspecified atom stereocenters. The van der Waals surface area contributed by atoms with Crippen molar-refractivity contribution >= 4 is 5.91 Å². The highest BCUT2D eigenvalue weighted by molar-refractivity contribution is 5.76. The van der Waals surface area contributed by atoms with E-state index in [9.17, 15) is 4.79 Å². The number of nitrogens with zero attached hydrogens (tertiary/aromatic N) is 1. The lowest BCUT2D eigenvalue weighted by atomic mass is 10.1. The van der Waals surface area contributed by atoms with Crippen LogP contribution >= 0.6 is 0 Å². The predicted molar refractivity (Wildman–Crippen MR) is 63.9 cm³/mol. The number of aryl methyl sites for hydroxylation is 2. The van der Waals surface area contributed by atoms with Gasteiger partial charge in [-0.15, -0.1) is 0 Å². The second-order valence-electron chi connectivity index (χ2n) is 5.16. The maximum atomic E-state index is 11.6. The summed E-state index contributed by atoms with van der Waals surface area (Å²) in [7, 11) is 0. The molecule has 1 aromatic heterocycles. The van der Waals surface area contributed by atoms with Crippen molar-refractivity contribution in [3.05, 3.63) is 30.1 Å². The molecule has 0 fully saturated rings. The van der Waals surface area contributed by atoms with E-state index in [-0.39, 0.29) is 11.4 Å². The van der Waals surface area contributed by atoms with Gasteiger partial charge in [0, 0.05) is 17.7 Å². The summed E-state index contributed by atoms with van der Waals surface area (Å²) in [5.41, 5.74) is 1.09. The van der Waals surface area contributed by atoms with E-state index in [1.165, 1.54) is 5.56 Å². The number of amides is 1. The first kappa shape index (κ1) is 12.7. The molecule has 0 spiro atoms. The highest BCUT2D eigenvalue weighted by atomic mass is 16.1. The Morgan fingerprint density at radius 3 is 2.38 bits per heavy atom. The molecule has 0 atom stereocenters. The average Bonchev–Trinajstić information content (AvgIpc) is 2.14. The molecule has 0 aliphatic rings. The SMILES string of the molecule is Cc1cc[n+](CCC(=O)NC(C)(C)C)cc1. The molecule has 3 nitrogen and oxygen atoms in total. The molecule has 0 radical (unpaired) electrons. The third-order valence-corrected chi connectivity index (χ3v) is 2.17. The van der Waals surface area contributed by atoms with Gasteiger partial charge in [-0.1, -0.05) is 0 Å². The molecule has 0 saturated carbocycles. The Morgan fingerprint density at radius 2 is 1.88 bits per heavy atom. The summed E-state index contributed by atoms with van der Waals surface area (Å²) in [6, 6.07) is 4.09. The number of rotatable bonds is 3. The number of carbonyl (C=O) groups excluding carboxylic acids is 1. The van der Waals surface area contributed by atoms with E-state index >= 15 is 0 Å². The molecule has 1 aromatic rings. The van der Waals surface area contributed by atoms with Gasteiger partial charge in [0.25, 0.3) is 0 Å². The van der Waals surface area contributed by atoms with E-state index in [1.54, 1.807) is 0 Å². The lowest BCUT2D eigenvalue weighted by molar-refractivity contribution is -0.695. The first-order valence-electron chi connectivity index (χ1n) is 5.63. The van der Waals surface area contributed by atoms with Crippen LogP contribution in [0.15, 0.2) is 24.5 Å². The molecule has 0 saturated heterocycles. The lowest BCUT2D eigenvalue weighted by Crippen LogP contribution is -2.43. The zero-order valence-electron chi connectivity index (χ0n) is 10.6. The Morgan fingerprint density at radius 1 is 1.31 bits per heavy atom. The number of hydrogen-bond acceptors (Lipinski definition) is 1. The van der Waals surface area contributed by atoms with E-state index in [1.807, 2.05) is 49.9 Å². The van der Waals surface area contributed by atoms with Crippen molar-refractivity contribution in [2.75, 3.05) is 0 Å². The number of pyridine rings is 1. The van der Waals surface area contributed by atoms with E-state index in [4.69, 9.17) is 0 Å². The summed E-state index contributed by atoms with van der Waals surface area (Å²) in [5, 5.41) is 2.95. The first-order chi connectivity index (χ1) is 7.37. The van der Waals surface area contributed by atoms with E-state index < -0.39 is 0 Å². The third kappa shape index (κ3) is 4.91. The van der Waals surface area contributed by atoms with Gasteiger partial charge < -0.3 is 5.32 Å². The zero-order chi connectivity index (χ0) is 12.2. The maximum Gasteiger partial charge on any atom is 0.226 e. The smallest absolute Gasteiger partial charge is 0.226 e. The summed E-state index contributed by atoms with van der Waals surface area (Å²) in [6.45, 7) is 8.75. The van der Waals surface area contributed by atoms with Gasteiger partial charge in [-0.05, 0) is 33.3 Å². The number of hydrogen-bond donors (Lipinski definition) is 1. The second kappa shape index (κ2) is 5.10. The molecule has 88 valence electrons. The van der Waals surface area contributed by atoms with Gasteiger partial charge in [0.1, 0.15) is 0 Å². The highest BCUT2D eigenvalue weighted by Gasteiger charge is 2.14. The van der Waals surface area contributed by atoms with Crippen LogP contribution in [-0.2, 0) is 11.3 Å². The van der Waals surface area contributed by atoms with Gasteiger partial charge in [0.2, 0.25) is 5.91 Å². The number of aromatic nitrogens is 1. The zero-order valence-corrected chi connectivity index (χ0v) is 10.6. The van der Waals surface area contributed by atoms with Crippen LogP contribution in [0.4, 0.5) is 0 Å². The normalized spacial score (nSPS) is 11.2. The highest BCUT2D eigenvalue weighted by Crippen LogP contribution is 1.99. The Bertz CT molecular complexity index is 349. The van der Waals surface area contributed by atoms with Crippen molar-refractivity contribution in [3.8, 4) is 0 Å². The molecule has 0 aliphatic carbocycles. The van der Waals surface area contributed by atoms with Crippen LogP contribution in [0.3, 0.4) is 0 Å². The topological polar surface area (TPSA) is 33.0 Å². The fourth-order valence-corrected chi connectivity index (χ4v) is 1.39. The van der Waals surface area contributed by atoms with Gasteiger partial charge in [-0.3, -0.25) is 4.79 Å². The van der Waals surface area contributed by atoms with E-state index in [0.29, 0.717) is 6.42 Å². The molecule has 1 heterocycles. The van der Waals surface area contributed by atoms with Gasteiger partial charge in [0.15, 0.2) is 18.9 Å². The minimum Gasteiger partial charge on any atom is -0.351 e. The summed E-state index contributed by atoms with van der Waals surface area (Å²) in [6.07, 6.45) is 4.52. The Kier molecular flexibility index (Phi) is 4.05. The molecule has 0 bridgehead atoms. The van der Waals surface area contributed by atoms with Crippen LogP contribution < -0.4 is 9.88 Å². The summed E-state index contributed by atoms with van der Waals surface area (Å²) < 4.78 is 2.02. The first-order valence-corrected chi connectivity index (χ1v) is 5.63. The van der Waals surface area contributed by atoms with Crippen molar-refractivity contribution in [3.63, 3.8) is 0 Å². The monoisotopic (exact) mass is 221 g/mol. The van der Waals surface area contributed by atoms with Crippen molar-refractivity contribution in [1.82, 2.24) is 5.32 Å². The van der Waals surface area contributed by atoms with Crippen LogP contribution in [0.1, 0.15) is 32.8 Å². The van der Waals surface area contributed by atoms with E-state index in [2.05, 4.69) is 12.2 Å². The van der Waals surface area contributed by atoms with Gasteiger partial charge >= 0.3 is 0 Å². The molecule has 16 heavy (non-hydrogen) atoms. The van der Waals surface area contributed by atoms with Crippen LogP contribution in [0.25, 0.3) is 0 Å². The molecule has 1 N–H and O–H groups in total. The van der Waals surface area contributed by atoms with Crippen LogP contribution in [0.2, 0.25) is 0 Å². The Labute approximate surface area is 97.5 Å². The van der Waals surface area contributed by atoms with Crippen molar-refractivity contribution in [1.29, 1.82) is 0 Å². The Hall–Kier alpha value is -1.38. The summed E-state index contributed by atoms with van der Waals surface area (Å²) >= 11 is 0. The van der Waals surface area contributed by atoms with Crippen molar-refractivity contribution in [2.45, 2.75) is 46.2 Å². The lowest BCUT2D eigenvalue weighted by Gasteiger charge is -2.19. The molecule has 1 rings (SSSR count). The summed E-state index contributed by atoms with van der Waals surface area (Å²) in [4.78, 5) is 11.6. The van der Waals surface area contributed by atoms with Crippen LogP contribution in [0.5, 0.6) is 0 Å². The molecule has 0 aliphatic heterocycles. The van der Waals surface area contributed by atoms with Crippen molar-refractivity contribution in [2.24, 2.45) is 0 Å². The minimum atomic E-state index is -0.144.